The minimum absolute atomic E-state index is 0.0511. The number of fused-ring (bicyclic) bond motifs is 1. The van der Waals surface area contributed by atoms with Gasteiger partial charge in [0.2, 0.25) is 0 Å². The first-order chi connectivity index (χ1) is 29.8. The molecule has 0 atom stereocenters. The van der Waals surface area contributed by atoms with E-state index in [1.807, 2.05) is 91.0 Å². The molecule has 11 aromatic rings. The number of para-hydroxylation sites is 2. The van der Waals surface area contributed by atoms with Crippen LogP contribution in [0.5, 0.6) is 0 Å². The van der Waals surface area contributed by atoms with Gasteiger partial charge in [-0.25, -0.2) is 14.1 Å². The van der Waals surface area contributed by atoms with Crippen molar-refractivity contribution in [2.45, 2.75) is 79.1 Å². The Hall–Kier alpha value is -7.06. The predicted octanol–water partition coefficient (Wildman–Crippen LogP) is 11.5. The molecule has 0 radical (unpaired) electrons. The highest BCUT2D eigenvalue weighted by molar-refractivity contribution is 6.45. The Labute approximate surface area is 356 Å². The van der Waals surface area contributed by atoms with Crippen LogP contribution in [0.4, 0.5) is 0 Å². The summed E-state index contributed by atoms with van der Waals surface area (Å²) in [7, 11) is 0. The second kappa shape index (κ2) is 13.2. The van der Waals surface area contributed by atoms with Gasteiger partial charge in [-0.3, -0.25) is 24.2 Å². The zero-order chi connectivity index (χ0) is 43.2. The maximum absolute atomic E-state index is 15.3. The first-order valence-corrected chi connectivity index (χ1v) is 21.6. The van der Waals surface area contributed by atoms with Gasteiger partial charge < -0.3 is 0 Å². The molecule has 0 unspecified atom stereocenters. The third-order valence-electron chi connectivity index (χ3n) is 13.3. The van der Waals surface area contributed by atoms with Crippen LogP contribution in [0.2, 0.25) is 0 Å². The molecule has 0 N–H and O–H groups in total. The Balaban J connectivity index is 1.37. The number of rotatable bonds is 7. The van der Waals surface area contributed by atoms with E-state index in [-0.39, 0.29) is 34.8 Å². The molecule has 0 saturated carbocycles. The molecule has 8 nitrogen and oxygen atoms in total. The average molecular weight is 813 g/mol. The van der Waals surface area contributed by atoms with E-state index in [2.05, 4.69) is 55.4 Å². The zero-order valence-corrected chi connectivity index (χ0v) is 36.0. The Morgan fingerprint density at radius 3 is 1.27 bits per heavy atom. The topological polar surface area (TPSA) is 104 Å². The van der Waals surface area contributed by atoms with E-state index < -0.39 is 11.1 Å². The van der Waals surface area contributed by atoms with Crippen molar-refractivity contribution in [1.29, 1.82) is 0 Å². The lowest BCUT2D eigenvalue weighted by Gasteiger charge is -2.24. The van der Waals surface area contributed by atoms with Gasteiger partial charge in [0.05, 0.1) is 33.7 Å². The molecule has 0 aliphatic heterocycles. The SMILES string of the molecule is CC(C)c1cccc(C(C)C)c1-n1c(=O)c2ccc3c4ccc5c(=O)n(-c6c(C(C)C)cccc6C(C)C)c(=O)c6cc7c(-c8ccccn8)nc8cc(c1=O)c2c3c8c7c4c56. The van der Waals surface area contributed by atoms with Crippen LogP contribution in [0.1, 0.15) is 101 Å². The molecule has 8 heteroatoms. The molecule has 0 saturated heterocycles. The fourth-order valence-electron chi connectivity index (χ4n) is 10.5. The van der Waals surface area contributed by atoms with E-state index in [0.29, 0.717) is 66.0 Å². The van der Waals surface area contributed by atoms with Crippen LogP contribution >= 0.6 is 0 Å². The third-order valence-corrected chi connectivity index (χ3v) is 13.3. The van der Waals surface area contributed by atoms with Gasteiger partial charge in [0.25, 0.3) is 22.2 Å². The highest BCUT2D eigenvalue weighted by Crippen LogP contribution is 2.49. The van der Waals surface area contributed by atoms with Crippen LogP contribution in [-0.2, 0) is 0 Å². The maximum Gasteiger partial charge on any atom is 0.266 e. The number of pyridine rings is 4. The number of aromatic nitrogens is 4. The van der Waals surface area contributed by atoms with E-state index in [1.165, 1.54) is 9.13 Å². The van der Waals surface area contributed by atoms with Gasteiger partial charge in [-0.1, -0.05) is 110 Å². The van der Waals surface area contributed by atoms with Crippen molar-refractivity contribution in [2.24, 2.45) is 0 Å². The van der Waals surface area contributed by atoms with Crippen LogP contribution in [0.25, 0.3) is 98.3 Å². The van der Waals surface area contributed by atoms with Gasteiger partial charge in [0.15, 0.2) is 0 Å². The Bertz CT molecular complexity index is 3850. The van der Waals surface area contributed by atoms with Gasteiger partial charge in [-0.15, -0.1) is 0 Å². The molecular weight excluding hydrogens is 769 g/mol. The lowest BCUT2D eigenvalue weighted by atomic mass is 9.83. The monoisotopic (exact) mass is 812 g/mol. The molecule has 4 heterocycles. The van der Waals surface area contributed by atoms with Gasteiger partial charge in [0, 0.05) is 54.7 Å². The summed E-state index contributed by atoms with van der Waals surface area (Å²) < 4.78 is 2.79. The summed E-state index contributed by atoms with van der Waals surface area (Å²) in [5.74, 6) is 0.209. The van der Waals surface area contributed by atoms with E-state index in [4.69, 9.17) is 9.97 Å². The van der Waals surface area contributed by atoms with Gasteiger partial charge in [-0.2, -0.15) is 0 Å². The first-order valence-electron chi connectivity index (χ1n) is 21.6. The standard InChI is InChI=1S/C54H44N4O4/c1-25(2)29-13-11-14-30(26(3)4)49(29)57-51(59)35-20-18-33-34-19-21-36-43-39(54(62)58(52(36)60)50-31(27(5)6)15-12-16-32(50)28(7)8)24-41-47(45(34)43)46-37(23-38(53(57)61)42(35)44(33)46)48(56-41)40-17-9-10-22-55-40/h9-28H,1-8H3. The fourth-order valence-corrected chi connectivity index (χ4v) is 10.5. The van der Waals surface area contributed by atoms with Crippen molar-refractivity contribution in [2.75, 3.05) is 0 Å². The van der Waals surface area contributed by atoms with Crippen molar-refractivity contribution >= 4 is 75.5 Å². The predicted molar refractivity (Wildman–Crippen MR) is 255 cm³/mol. The molecule has 0 aliphatic rings. The second-order valence-electron chi connectivity index (χ2n) is 18.2. The molecule has 0 spiro atoms. The van der Waals surface area contributed by atoms with Crippen LogP contribution in [0.3, 0.4) is 0 Å². The number of hydrogen-bond donors (Lipinski definition) is 0. The highest BCUT2D eigenvalue weighted by atomic mass is 16.2. The van der Waals surface area contributed by atoms with Crippen molar-refractivity contribution in [3.63, 3.8) is 0 Å². The summed E-state index contributed by atoms with van der Waals surface area (Å²) in [6.45, 7) is 16.6. The van der Waals surface area contributed by atoms with Crippen molar-refractivity contribution in [3.05, 3.63) is 161 Å². The smallest absolute Gasteiger partial charge is 0.266 e. The van der Waals surface area contributed by atoms with Crippen LogP contribution in [0.15, 0.2) is 116 Å². The van der Waals surface area contributed by atoms with E-state index in [1.54, 1.807) is 6.20 Å². The van der Waals surface area contributed by atoms with Crippen molar-refractivity contribution in [3.8, 4) is 22.8 Å². The van der Waals surface area contributed by atoms with Crippen molar-refractivity contribution in [1.82, 2.24) is 19.1 Å². The Morgan fingerprint density at radius 2 is 0.823 bits per heavy atom. The molecule has 0 aliphatic carbocycles. The van der Waals surface area contributed by atoms with E-state index in [0.717, 1.165) is 54.6 Å². The van der Waals surface area contributed by atoms with E-state index in [9.17, 15) is 0 Å². The lowest BCUT2D eigenvalue weighted by molar-refractivity contribution is 0.792. The molecule has 304 valence electrons. The van der Waals surface area contributed by atoms with Gasteiger partial charge in [0.1, 0.15) is 0 Å². The molecular formula is C54H44N4O4. The zero-order valence-electron chi connectivity index (χ0n) is 36.0. The molecule has 4 aromatic heterocycles. The largest absolute Gasteiger partial charge is 0.268 e. The summed E-state index contributed by atoms with van der Waals surface area (Å²) in [5, 5.41) is 8.35. The minimum atomic E-state index is -0.396. The Morgan fingerprint density at radius 1 is 0.403 bits per heavy atom. The molecule has 62 heavy (non-hydrogen) atoms. The first kappa shape index (κ1) is 37.9. The molecule has 11 rings (SSSR count). The summed E-state index contributed by atoms with van der Waals surface area (Å²) in [6.07, 6.45) is 1.72. The minimum Gasteiger partial charge on any atom is -0.268 e. The molecule has 0 amide bonds. The summed E-state index contributed by atoms with van der Waals surface area (Å²) in [5.41, 5.74) is 5.20. The van der Waals surface area contributed by atoms with Crippen LogP contribution in [0, 0.1) is 0 Å². The summed E-state index contributed by atoms with van der Waals surface area (Å²) >= 11 is 0. The third kappa shape index (κ3) is 4.89. The van der Waals surface area contributed by atoms with Crippen molar-refractivity contribution < 1.29 is 0 Å². The van der Waals surface area contributed by atoms with E-state index >= 15 is 19.2 Å². The average Bonchev–Trinajstić information content (AvgIpc) is 3.26. The van der Waals surface area contributed by atoms with Gasteiger partial charge >= 0.3 is 0 Å². The normalized spacial score (nSPS) is 12.7. The summed E-state index contributed by atoms with van der Waals surface area (Å²) in [6, 6.07) is 29.0. The van der Waals surface area contributed by atoms with Crippen LogP contribution < -0.4 is 22.2 Å². The van der Waals surface area contributed by atoms with Gasteiger partial charge in [-0.05, 0) is 98.5 Å². The Kier molecular flexibility index (Phi) is 8.08. The number of nitrogens with zero attached hydrogens (tertiary/aromatic N) is 4. The maximum atomic E-state index is 15.3. The quantitative estimate of drug-likeness (QED) is 0.117. The lowest BCUT2D eigenvalue weighted by Crippen LogP contribution is -2.34. The number of benzene rings is 7. The molecule has 0 fully saturated rings. The van der Waals surface area contributed by atoms with Crippen LogP contribution in [-0.4, -0.2) is 19.1 Å². The molecule has 7 aromatic carbocycles. The molecule has 0 bridgehead atoms. The highest BCUT2D eigenvalue weighted by Gasteiger charge is 2.30. The number of hydrogen-bond acceptors (Lipinski definition) is 6. The fraction of sp³-hybridized carbons (Fsp3) is 0.222. The second-order valence-corrected chi connectivity index (χ2v) is 18.2. The summed E-state index contributed by atoms with van der Waals surface area (Å²) in [4.78, 5) is 70.7.